The standard InChI is InChI=1S/C16H14O2/c1-11(17)13-6-5-7-14(10-13)16-9-4-3-8-15(16)12(2)18/h3-10H,1-2H3. The fourth-order valence-corrected chi connectivity index (χ4v) is 1.95. The smallest absolute Gasteiger partial charge is 0.160 e. The van der Waals surface area contributed by atoms with E-state index in [0.717, 1.165) is 11.1 Å². The van der Waals surface area contributed by atoms with Gasteiger partial charge in [0.15, 0.2) is 11.6 Å². The zero-order chi connectivity index (χ0) is 13.1. The molecule has 0 heterocycles. The number of carbonyl (C=O) groups excluding carboxylic acids is 2. The monoisotopic (exact) mass is 238 g/mol. The van der Waals surface area contributed by atoms with E-state index in [-0.39, 0.29) is 11.6 Å². The van der Waals surface area contributed by atoms with E-state index in [1.807, 2.05) is 36.4 Å². The van der Waals surface area contributed by atoms with Crippen LogP contribution in [-0.4, -0.2) is 11.6 Å². The summed E-state index contributed by atoms with van der Waals surface area (Å²) < 4.78 is 0. The molecule has 0 unspecified atom stereocenters. The second kappa shape index (κ2) is 4.96. The van der Waals surface area contributed by atoms with Crippen molar-refractivity contribution in [1.29, 1.82) is 0 Å². The first-order valence-electron chi connectivity index (χ1n) is 5.81. The fourth-order valence-electron chi connectivity index (χ4n) is 1.95. The van der Waals surface area contributed by atoms with Gasteiger partial charge in [0.2, 0.25) is 0 Å². The van der Waals surface area contributed by atoms with Gasteiger partial charge in [0, 0.05) is 11.1 Å². The van der Waals surface area contributed by atoms with Gasteiger partial charge in [-0.05, 0) is 31.0 Å². The van der Waals surface area contributed by atoms with Crippen LogP contribution >= 0.6 is 0 Å². The van der Waals surface area contributed by atoms with Crippen molar-refractivity contribution >= 4 is 11.6 Å². The third-order valence-electron chi connectivity index (χ3n) is 2.89. The van der Waals surface area contributed by atoms with E-state index in [2.05, 4.69) is 0 Å². The first kappa shape index (κ1) is 12.2. The summed E-state index contributed by atoms with van der Waals surface area (Å²) in [5.41, 5.74) is 3.10. The average Bonchev–Trinajstić information content (AvgIpc) is 2.39. The Kier molecular flexibility index (Phi) is 3.38. The maximum atomic E-state index is 11.6. The maximum Gasteiger partial charge on any atom is 0.160 e. The summed E-state index contributed by atoms with van der Waals surface area (Å²) in [7, 11) is 0. The molecule has 0 saturated carbocycles. The number of ketones is 2. The van der Waals surface area contributed by atoms with E-state index in [0.29, 0.717) is 11.1 Å². The fraction of sp³-hybridized carbons (Fsp3) is 0.125. The first-order chi connectivity index (χ1) is 8.59. The van der Waals surface area contributed by atoms with Crippen molar-refractivity contribution in [3.05, 3.63) is 59.7 Å². The molecular formula is C16H14O2. The van der Waals surface area contributed by atoms with Gasteiger partial charge in [0.1, 0.15) is 0 Å². The Hall–Kier alpha value is -2.22. The third-order valence-corrected chi connectivity index (χ3v) is 2.89. The van der Waals surface area contributed by atoms with Crippen molar-refractivity contribution in [3.8, 4) is 11.1 Å². The number of benzene rings is 2. The Morgan fingerprint density at radius 3 is 2.22 bits per heavy atom. The summed E-state index contributed by atoms with van der Waals surface area (Å²) in [6.07, 6.45) is 0. The van der Waals surface area contributed by atoms with Gasteiger partial charge in [-0.2, -0.15) is 0 Å². The second-order valence-corrected chi connectivity index (χ2v) is 4.24. The predicted molar refractivity (Wildman–Crippen MR) is 71.9 cm³/mol. The van der Waals surface area contributed by atoms with Crippen molar-refractivity contribution in [2.24, 2.45) is 0 Å². The van der Waals surface area contributed by atoms with Gasteiger partial charge in [-0.15, -0.1) is 0 Å². The molecule has 0 aliphatic rings. The minimum Gasteiger partial charge on any atom is -0.295 e. The van der Waals surface area contributed by atoms with E-state index < -0.39 is 0 Å². The first-order valence-corrected chi connectivity index (χ1v) is 5.81. The highest BCUT2D eigenvalue weighted by molar-refractivity contribution is 6.01. The molecule has 2 nitrogen and oxygen atoms in total. The van der Waals surface area contributed by atoms with E-state index in [1.165, 1.54) is 6.92 Å². The molecule has 0 fully saturated rings. The van der Waals surface area contributed by atoms with Gasteiger partial charge in [0.05, 0.1) is 0 Å². The maximum absolute atomic E-state index is 11.6. The topological polar surface area (TPSA) is 34.1 Å². The van der Waals surface area contributed by atoms with Crippen LogP contribution in [-0.2, 0) is 0 Å². The SMILES string of the molecule is CC(=O)c1cccc(-c2ccccc2C(C)=O)c1. The Morgan fingerprint density at radius 1 is 0.833 bits per heavy atom. The minimum atomic E-state index is 0.0251. The van der Waals surface area contributed by atoms with Crippen molar-refractivity contribution in [1.82, 2.24) is 0 Å². The molecule has 2 aromatic carbocycles. The second-order valence-electron chi connectivity index (χ2n) is 4.24. The summed E-state index contributed by atoms with van der Waals surface area (Å²) in [4.78, 5) is 23.0. The molecule has 2 heteroatoms. The Balaban J connectivity index is 2.58. The van der Waals surface area contributed by atoms with Crippen LogP contribution in [0, 0.1) is 0 Å². The lowest BCUT2D eigenvalue weighted by Crippen LogP contribution is -1.97. The third kappa shape index (κ3) is 2.38. The zero-order valence-corrected chi connectivity index (χ0v) is 10.4. The van der Waals surface area contributed by atoms with E-state index >= 15 is 0 Å². The van der Waals surface area contributed by atoms with Crippen LogP contribution < -0.4 is 0 Å². The van der Waals surface area contributed by atoms with E-state index in [1.54, 1.807) is 19.1 Å². The van der Waals surface area contributed by atoms with Gasteiger partial charge in [-0.3, -0.25) is 9.59 Å². The molecule has 0 atom stereocenters. The normalized spacial score (nSPS) is 10.1. The molecule has 0 bridgehead atoms. The lowest BCUT2D eigenvalue weighted by Gasteiger charge is -2.08. The molecule has 0 amide bonds. The summed E-state index contributed by atoms with van der Waals surface area (Å²) in [5.74, 6) is 0.0518. The summed E-state index contributed by atoms with van der Waals surface area (Å²) >= 11 is 0. The number of hydrogen-bond acceptors (Lipinski definition) is 2. The van der Waals surface area contributed by atoms with E-state index in [4.69, 9.17) is 0 Å². The average molecular weight is 238 g/mol. The van der Waals surface area contributed by atoms with Gasteiger partial charge in [0.25, 0.3) is 0 Å². The molecule has 0 N–H and O–H groups in total. The Labute approximate surface area is 106 Å². The Morgan fingerprint density at radius 2 is 1.56 bits per heavy atom. The van der Waals surface area contributed by atoms with Crippen LogP contribution in [0.2, 0.25) is 0 Å². The molecular weight excluding hydrogens is 224 g/mol. The van der Waals surface area contributed by atoms with Gasteiger partial charge < -0.3 is 0 Å². The lowest BCUT2D eigenvalue weighted by atomic mass is 9.96. The van der Waals surface area contributed by atoms with Crippen LogP contribution in [0.25, 0.3) is 11.1 Å². The molecule has 90 valence electrons. The quantitative estimate of drug-likeness (QED) is 0.763. The molecule has 0 spiro atoms. The van der Waals surface area contributed by atoms with Crippen molar-refractivity contribution < 1.29 is 9.59 Å². The molecule has 0 aromatic heterocycles. The highest BCUT2D eigenvalue weighted by atomic mass is 16.1. The summed E-state index contributed by atoms with van der Waals surface area (Å²) in [5, 5.41) is 0. The number of rotatable bonds is 3. The molecule has 0 saturated heterocycles. The van der Waals surface area contributed by atoms with Crippen LogP contribution in [0.15, 0.2) is 48.5 Å². The van der Waals surface area contributed by atoms with Crippen molar-refractivity contribution in [2.75, 3.05) is 0 Å². The van der Waals surface area contributed by atoms with Gasteiger partial charge in [-0.1, -0.05) is 42.5 Å². The zero-order valence-electron chi connectivity index (χ0n) is 10.4. The lowest BCUT2D eigenvalue weighted by molar-refractivity contribution is 0.101. The number of hydrogen-bond donors (Lipinski definition) is 0. The van der Waals surface area contributed by atoms with Crippen molar-refractivity contribution in [3.63, 3.8) is 0 Å². The summed E-state index contributed by atoms with van der Waals surface area (Å²) in [6, 6.07) is 14.8. The highest BCUT2D eigenvalue weighted by Gasteiger charge is 2.09. The molecule has 0 aliphatic carbocycles. The molecule has 18 heavy (non-hydrogen) atoms. The number of Topliss-reactive ketones (excluding diaryl/α,β-unsaturated/α-hetero) is 2. The van der Waals surface area contributed by atoms with Crippen molar-refractivity contribution in [2.45, 2.75) is 13.8 Å². The molecule has 2 rings (SSSR count). The minimum absolute atomic E-state index is 0.0251. The van der Waals surface area contributed by atoms with Crippen LogP contribution in [0.5, 0.6) is 0 Å². The van der Waals surface area contributed by atoms with Gasteiger partial charge in [-0.25, -0.2) is 0 Å². The van der Waals surface area contributed by atoms with Crippen LogP contribution in [0.1, 0.15) is 34.6 Å². The van der Waals surface area contributed by atoms with E-state index in [9.17, 15) is 9.59 Å². The number of carbonyl (C=O) groups is 2. The van der Waals surface area contributed by atoms with Gasteiger partial charge >= 0.3 is 0 Å². The summed E-state index contributed by atoms with van der Waals surface area (Å²) in [6.45, 7) is 3.09. The highest BCUT2D eigenvalue weighted by Crippen LogP contribution is 2.25. The predicted octanol–water partition coefficient (Wildman–Crippen LogP) is 3.76. The molecule has 0 radical (unpaired) electrons. The molecule has 2 aromatic rings. The van der Waals surface area contributed by atoms with Crippen LogP contribution in [0.3, 0.4) is 0 Å². The molecule has 0 aliphatic heterocycles. The largest absolute Gasteiger partial charge is 0.295 e. The Bertz CT molecular complexity index is 612. The van der Waals surface area contributed by atoms with Crippen LogP contribution in [0.4, 0.5) is 0 Å².